The van der Waals surface area contributed by atoms with E-state index in [9.17, 15) is 14.9 Å². The molecule has 1 aromatic rings. The molecule has 5 nitrogen and oxygen atoms in total. The van der Waals surface area contributed by atoms with Gasteiger partial charge in [0.2, 0.25) is 0 Å². The molecule has 2 rings (SSSR count). The third-order valence-corrected chi connectivity index (χ3v) is 1.97. The van der Waals surface area contributed by atoms with Crippen molar-refractivity contribution in [1.29, 1.82) is 0 Å². The van der Waals surface area contributed by atoms with Crippen LogP contribution in [0.3, 0.4) is 0 Å². The van der Waals surface area contributed by atoms with Crippen LogP contribution in [0.15, 0.2) is 24.3 Å². The number of hydrogen-bond donors (Lipinski definition) is 1. The maximum absolute atomic E-state index is 11.1. The van der Waals surface area contributed by atoms with Crippen molar-refractivity contribution in [2.24, 2.45) is 0 Å². The number of fused-ring (bicyclic) bond motifs is 1. The molecular formula is C8H6N2O3. The third kappa shape index (κ3) is 1.05. The van der Waals surface area contributed by atoms with Gasteiger partial charge >= 0.3 is 11.9 Å². The Balaban J connectivity index is 2.52. The number of rotatable bonds is 1. The molecule has 5 heteroatoms. The molecule has 13 heavy (non-hydrogen) atoms. The number of nitrogens with zero attached hydrogens (tertiary/aromatic N) is 1. The number of anilines is 1. The summed E-state index contributed by atoms with van der Waals surface area (Å²) >= 11 is 0. The zero-order chi connectivity index (χ0) is 9.42. The maximum Gasteiger partial charge on any atom is 0.317 e. The monoisotopic (exact) mass is 178 g/mol. The van der Waals surface area contributed by atoms with E-state index in [1.165, 1.54) is 0 Å². The van der Waals surface area contributed by atoms with E-state index in [0.29, 0.717) is 11.3 Å². The van der Waals surface area contributed by atoms with Crippen LogP contribution in [-0.4, -0.2) is 10.8 Å². The van der Waals surface area contributed by atoms with Crippen LogP contribution < -0.4 is 5.32 Å². The number of hydrogen-bond acceptors (Lipinski definition) is 3. The van der Waals surface area contributed by atoms with Crippen LogP contribution in [0.5, 0.6) is 0 Å². The molecule has 0 bridgehead atoms. The predicted molar refractivity (Wildman–Crippen MR) is 44.8 cm³/mol. The number of carbonyl (C=O) groups is 1. The summed E-state index contributed by atoms with van der Waals surface area (Å²) in [6.45, 7) is 0. The van der Waals surface area contributed by atoms with Gasteiger partial charge in [0.25, 0.3) is 0 Å². The van der Waals surface area contributed by atoms with Crippen LogP contribution in [0.2, 0.25) is 0 Å². The van der Waals surface area contributed by atoms with Crippen molar-refractivity contribution in [1.82, 2.24) is 0 Å². The van der Waals surface area contributed by atoms with E-state index in [0.717, 1.165) is 0 Å². The Labute approximate surface area is 73.5 Å². The SMILES string of the molecule is O=C1Nc2ccccc2C1[N+](=O)[O-]. The van der Waals surface area contributed by atoms with Gasteiger partial charge in [0.1, 0.15) is 0 Å². The number of nitro groups is 1. The van der Waals surface area contributed by atoms with Gasteiger partial charge in [-0.25, -0.2) is 0 Å². The van der Waals surface area contributed by atoms with Gasteiger partial charge in [0.05, 0.1) is 11.3 Å². The average molecular weight is 178 g/mol. The van der Waals surface area contributed by atoms with Crippen molar-refractivity contribution in [3.8, 4) is 0 Å². The van der Waals surface area contributed by atoms with Gasteiger partial charge in [-0.2, -0.15) is 0 Å². The molecule has 0 aliphatic carbocycles. The molecule has 0 fully saturated rings. The fourth-order valence-corrected chi connectivity index (χ4v) is 1.40. The van der Waals surface area contributed by atoms with Crippen LogP contribution in [-0.2, 0) is 4.79 Å². The topological polar surface area (TPSA) is 72.2 Å². The van der Waals surface area contributed by atoms with Crippen molar-refractivity contribution < 1.29 is 9.72 Å². The van der Waals surface area contributed by atoms with Gasteiger partial charge in [-0.15, -0.1) is 0 Å². The maximum atomic E-state index is 11.1. The molecular weight excluding hydrogens is 172 g/mol. The molecule has 1 aliphatic heterocycles. The van der Waals surface area contributed by atoms with Gasteiger partial charge < -0.3 is 5.32 Å². The van der Waals surface area contributed by atoms with E-state index >= 15 is 0 Å². The lowest BCUT2D eigenvalue weighted by Gasteiger charge is -1.97. The van der Waals surface area contributed by atoms with Gasteiger partial charge in [0, 0.05) is 4.92 Å². The molecule has 1 aliphatic rings. The number of para-hydroxylation sites is 1. The van der Waals surface area contributed by atoms with Crippen LogP contribution in [0.4, 0.5) is 5.69 Å². The molecule has 0 spiro atoms. The van der Waals surface area contributed by atoms with Crippen LogP contribution >= 0.6 is 0 Å². The largest absolute Gasteiger partial charge is 0.319 e. The highest BCUT2D eigenvalue weighted by atomic mass is 16.6. The summed E-state index contributed by atoms with van der Waals surface area (Å²) in [6, 6.07) is 5.39. The molecule has 0 aromatic heterocycles. The lowest BCUT2D eigenvalue weighted by molar-refractivity contribution is -0.511. The lowest BCUT2D eigenvalue weighted by atomic mass is 10.1. The van der Waals surface area contributed by atoms with E-state index in [4.69, 9.17) is 0 Å². The summed E-state index contributed by atoms with van der Waals surface area (Å²) < 4.78 is 0. The molecule has 1 amide bonds. The average Bonchev–Trinajstić information content (AvgIpc) is 2.39. The van der Waals surface area contributed by atoms with Crippen LogP contribution in [0.1, 0.15) is 11.6 Å². The van der Waals surface area contributed by atoms with Crippen molar-refractivity contribution >= 4 is 11.6 Å². The summed E-state index contributed by atoms with van der Waals surface area (Å²) in [5.41, 5.74) is 0.978. The Kier molecular flexibility index (Phi) is 1.51. The van der Waals surface area contributed by atoms with E-state index < -0.39 is 16.9 Å². The van der Waals surface area contributed by atoms with E-state index in [1.54, 1.807) is 24.3 Å². The Morgan fingerprint density at radius 1 is 1.38 bits per heavy atom. The highest BCUT2D eigenvalue weighted by molar-refractivity contribution is 6.01. The third-order valence-electron chi connectivity index (χ3n) is 1.97. The second-order valence-corrected chi connectivity index (χ2v) is 2.76. The standard InChI is InChI=1S/C8H6N2O3/c11-8-7(10(12)13)5-3-1-2-4-6(5)9-8/h1-4,7H,(H,9,11). The molecule has 1 heterocycles. The molecule has 0 saturated carbocycles. The summed E-state index contributed by atoms with van der Waals surface area (Å²) in [4.78, 5) is 21.1. The second kappa shape index (κ2) is 2.55. The first kappa shape index (κ1) is 7.72. The Morgan fingerprint density at radius 3 is 2.77 bits per heavy atom. The number of nitrogens with one attached hydrogen (secondary N) is 1. The molecule has 1 N–H and O–H groups in total. The minimum atomic E-state index is -1.24. The molecule has 1 unspecified atom stereocenters. The highest BCUT2D eigenvalue weighted by Gasteiger charge is 2.39. The molecule has 0 saturated heterocycles. The highest BCUT2D eigenvalue weighted by Crippen LogP contribution is 2.31. The zero-order valence-electron chi connectivity index (χ0n) is 6.56. The summed E-state index contributed by atoms with van der Waals surface area (Å²) in [5.74, 6) is -0.564. The number of carbonyl (C=O) groups excluding carboxylic acids is 1. The van der Waals surface area contributed by atoms with E-state index in [2.05, 4.69) is 5.32 Å². The van der Waals surface area contributed by atoms with Crippen molar-refractivity contribution in [2.75, 3.05) is 5.32 Å². The van der Waals surface area contributed by atoms with E-state index in [-0.39, 0.29) is 0 Å². The second-order valence-electron chi connectivity index (χ2n) is 2.76. The fraction of sp³-hybridized carbons (Fsp3) is 0.125. The van der Waals surface area contributed by atoms with Crippen molar-refractivity contribution in [3.05, 3.63) is 39.9 Å². The number of benzene rings is 1. The first-order chi connectivity index (χ1) is 6.20. The van der Waals surface area contributed by atoms with Gasteiger partial charge in [-0.05, 0) is 12.1 Å². The summed E-state index contributed by atoms with van der Waals surface area (Å²) in [6.07, 6.45) is 0. The lowest BCUT2D eigenvalue weighted by Crippen LogP contribution is -2.19. The molecule has 66 valence electrons. The molecule has 1 aromatic carbocycles. The number of amides is 1. The molecule has 0 radical (unpaired) electrons. The van der Waals surface area contributed by atoms with Crippen molar-refractivity contribution in [2.45, 2.75) is 6.04 Å². The van der Waals surface area contributed by atoms with Gasteiger partial charge in [-0.3, -0.25) is 14.9 Å². The fourth-order valence-electron chi connectivity index (χ4n) is 1.40. The Bertz CT molecular complexity index is 389. The minimum absolute atomic E-state index is 0.442. The van der Waals surface area contributed by atoms with Crippen LogP contribution in [0, 0.1) is 10.1 Å². The smallest absolute Gasteiger partial charge is 0.317 e. The summed E-state index contributed by atoms with van der Waals surface area (Å²) in [7, 11) is 0. The molecule has 1 atom stereocenters. The summed E-state index contributed by atoms with van der Waals surface area (Å²) in [5, 5.41) is 13.0. The normalized spacial score (nSPS) is 19.4. The quantitative estimate of drug-likeness (QED) is 0.514. The van der Waals surface area contributed by atoms with Gasteiger partial charge in [-0.1, -0.05) is 12.1 Å². The van der Waals surface area contributed by atoms with Gasteiger partial charge in [0.15, 0.2) is 0 Å². The Hall–Kier alpha value is -1.91. The minimum Gasteiger partial charge on any atom is -0.319 e. The Morgan fingerprint density at radius 2 is 2.08 bits per heavy atom. The first-order valence-corrected chi connectivity index (χ1v) is 3.73. The van der Waals surface area contributed by atoms with E-state index in [1.807, 2.05) is 0 Å². The van der Waals surface area contributed by atoms with Crippen molar-refractivity contribution in [3.63, 3.8) is 0 Å². The van der Waals surface area contributed by atoms with Crippen LogP contribution in [0.25, 0.3) is 0 Å². The first-order valence-electron chi connectivity index (χ1n) is 3.73. The predicted octanol–water partition coefficient (Wildman–Crippen LogP) is 0.956. The zero-order valence-corrected chi connectivity index (χ0v) is 6.56.